The summed E-state index contributed by atoms with van der Waals surface area (Å²) in [4.78, 5) is 34.5. The molecule has 8 nitrogen and oxygen atoms in total. The minimum Gasteiger partial charge on any atom is -0.504 e. The van der Waals surface area contributed by atoms with Crippen LogP contribution in [0.2, 0.25) is 0 Å². The molecule has 102 valence electrons. The zero-order valence-electron chi connectivity index (χ0n) is 9.87. The molecular weight excluding hydrogens is 254 g/mol. The molecule has 0 radical (unpaired) electrons. The van der Waals surface area contributed by atoms with E-state index < -0.39 is 42.3 Å². The maximum atomic E-state index is 12.0. The van der Waals surface area contributed by atoms with Crippen molar-refractivity contribution in [3.63, 3.8) is 0 Å². The van der Waals surface area contributed by atoms with Crippen LogP contribution in [-0.2, 0) is 9.59 Å². The van der Waals surface area contributed by atoms with Crippen LogP contribution in [0.25, 0.3) is 0 Å². The molecule has 0 aliphatic heterocycles. The van der Waals surface area contributed by atoms with Crippen LogP contribution in [0.3, 0.4) is 0 Å². The van der Waals surface area contributed by atoms with E-state index in [1.54, 1.807) is 0 Å². The monoisotopic (exact) mass is 267 g/mol. The lowest BCUT2D eigenvalue weighted by Gasteiger charge is -2.20. The summed E-state index contributed by atoms with van der Waals surface area (Å²) in [6, 6.07) is 3.74. The van der Waals surface area contributed by atoms with E-state index in [0.29, 0.717) is 0 Å². The Bertz CT molecular complexity index is 513. The van der Waals surface area contributed by atoms with Crippen molar-refractivity contribution in [1.82, 2.24) is 4.90 Å². The number of benzene rings is 1. The number of carbonyl (C=O) groups is 3. The van der Waals surface area contributed by atoms with Gasteiger partial charge in [-0.2, -0.15) is 0 Å². The molecule has 0 bridgehead atoms. The maximum Gasteiger partial charge on any atom is 0.258 e. The molecule has 0 aromatic heterocycles. The topological polar surface area (TPSA) is 147 Å². The normalized spacial score (nSPS) is 9.89. The first-order valence-corrected chi connectivity index (χ1v) is 5.19. The van der Waals surface area contributed by atoms with Gasteiger partial charge in [-0.25, -0.2) is 0 Å². The molecule has 0 heterocycles. The number of phenolic OH excluding ortho intramolecular Hbond substituents is 2. The summed E-state index contributed by atoms with van der Waals surface area (Å²) in [5.41, 5.74) is 9.65. The van der Waals surface area contributed by atoms with Gasteiger partial charge in [0.05, 0.1) is 5.56 Å². The summed E-state index contributed by atoms with van der Waals surface area (Å²) in [6.45, 7) is -1.06. The van der Waals surface area contributed by atoms with Crippen molar-refractivity contribution >= 4 is 17.7 Å². The SMILES string of the molecule is NC(=O)CN(CC(N)=O)C(=O)c1cccc(O)c1O. The first-order chi connectivity index (χ1) is 8.82. The van der Waals surface area contributed by atoms with E-state index >= 15 is 0 Å². The lowest BCUT2D eigenvalue weighted by atomic mass is 10.1. The van der Waals surface area contributed by atoms with Crippen LogP contribution in [0.5, 0.6) is 11.5 Å². The maximum absolute atomic E-state index is 12.0. The second-order valence-corrected chi connectivity index (χ2v) is 3.77. The molecule has 3 amide bonds. The van der Waals surface area contributed by atoms with E-state index in [-0.39, 0.29) is 5.56 Å². The number of aromatic hydroxyl groups is 2. The summed E-state index contributed by atoms with van der Waals surface area (Å²) >= 11 is 0. The van der Waals surface area contributed by atoms with Gasteiger partial charge in [0.25, 0.3) is 5.91 Å². The van der Waals surface area contributed by atoms with Crippen LogP contribution >= 0.6 is 0 Å². The van der Waals surface area contributed by atoms with E-state index in [1.165, 1.54) is 18.2 Å². The van der Waals surface area contributed by atoms with Crippen molar-refractivity contribution in [3.05, 3.63) is 23.8 Å². The fraction of sp³-hybridized carbons (Fsp3) is 0.182. The third-order valence-electron chi connectivity index (χ3n) is 2.23. The summed E-state index contributed by atoms with van der Waals surface area (Å²) in [6.07, 6.45) is 0. The molecule has 19 heavy (non-hydrogen) atoms. The molecule has 1 aromatic rings. The van der Waals surface area contributed by atoms with Gasteiger partial charge < -0.3 is 26.6 Å². The standard InChI is InChI=1S/C11H13N3O5/c12-8(16)4-14(5-9(13)17)11(19)6-2-1-3-7(15)10(6)18/h1-3,15,18H,4-5H2,(H2,12,16)(H2,13,17). The van der Waals surface area contributed by atoms with Crippen LogP contribution in [0.1, 0.15) is 10.4 Å². The number of carbonyl (C=O) groups excluding carboxylic acids is 3. The van der Waals surface area contributed by atoms with Gasteiger partial charge in [0.1, 0.15) is 13.1 Å². The van der Waals surface area contributed by atoms with Gasteiger partial charge in [-0.15, -0.1) is 0 Å². The molecule has 0 aliphatic carbocycles. The van der Waals surface area contributed by atoms with Crippen molar-refractivity contribution in [2.24, 2.45) is 11.5 Å². The van der Waals surface area contributed by atoms with E-state index in [4.69, 9.17) is 11.5 Å². The van der Waals surface area contributed by atoms with Gasteiger partial charge in [-0.1, -0.05) is 6.07 Å². The van der Waals surface area contributed by atoms with E-state index in [1.807, 2.05) is 0 Å². The Kier molecular flexibility index (Phi) is 4.30. The Morgan fingerprint density at radius 1 is 1.05 bits per heavy atom. The number of primary amides is 2. The molecule has 0 saturated carbocycles. The van der Waals surface area contributed by atoms with Crippen LogP contribution in [-0.4, -0.2) is 45.9 Å². The fourth-order valence-corrected chi connectivity index (χ4v) is 1.45. The van der Waals surface area contributed by atoms with Crippen molar-refractivity contribution < 1.29 is 24.6 Å². The quantitative estimate of drug-likeness (QED) is 0.480. The minimum absolute atomic E-state index is 0.262. The third kappa shape index (κ3) is 3.60. The third-order valence-corrected chi connectivity index (χ3v) is 2.23. The van der Waals surface area contributed by atoms with E-state index in [9.17, 15) is 24.6 Å². The predicted molar refractivity (Wildman–Crippen MR) is 64.1 cm³/mol. The number of para-hydroxylation sites is 1. The van der Waals surface area contributed by atoms with Crippen molar-refractivity contribution in [1.29, 1.82) is 0 Å². The van der Waals surface area contributed by atoms with Gasteiger partial charge in [0.2, 0.25) is 11.8 Å². The zero-order valence-corrected chi connectivity index (χ0v) is 9.87. The van der Waals surface area contributed by atoms with Gasteiger partial charge in [-0.05, 0) is 12.1 Å². The van der Waals surface area contributed by atoms with Gasteiger partial charge in [0, 0.05) is 0 Å². The Hall–Kier alpha value is -2.77. The Labute approximate surface area is 108 Å². The lowest BCUT2D eigenvalue weighted by Crippen LogP contribution is -2.43. The molecule has 0 spiro atoms. The number of nitrogens with two attached hydrogens (primary N) is 2. The van der Waals surface area contributed by atoms with Crippen molar-refractivity contribution in [3.8, 4) is 11.5 Å². The number of hydrogen-bond donors (Lipinski definition) is 4. The number of amides is 3. The van der Waals surface area contributed by atoms with Crippen LogP contribution in [0, 0.1) is 0 Å². The molecular formula is C11H13N3O5. The van der Waals surface area contributed by atoms with Crippen LogP contribution in [0.15, 0.2) is 18.2 Å². The molecule has 0 unspecified atom stereocenters. The number of phenols is 2. The molecule has 1 aromatic carbocycles. The van der Waals surface area contributed by atoms with Gasteiger partial charge in [0.15, 0.2) is 11.5 Å². The van der Waals surface area contributed by atoms with Gasteiger partial charge >= 0.3 is 0 Å². The second kappa shape index (κ2) is 5.71. The highest BCUT2D eigenvalue weighted by atomic mass is 16.3. The number of hydrogen-bond acceptors (Lipinski definition) is 5. The summed E-state index contributed by atoms with van der Waals surface area (Å²) in [5, 5.41) is 18.8. The highest BCUT2D eigenvalue weighted by Crippen LogP contribution is 2.28. The molecule has 0 atom stereocenters. The average Bonchev–Trinajstić information content (AvgIpc) is 2.30. The first kappa shape index (κ1) is 14.3. The molecule has 8 heteroatoms. The largest absolute Gasteiger partial charge is 0.504 e. The lowest BCUT2D eigenvalue weighted by molar-refractivity contribution is -0.121. The smallest absolute Gasteiger partial charge is 0.258 e. The first-order valence-electron chi connectivity index (χ1n) is 5.19. The fourth-order valence-electron chi connectivity index (χ4n) is 1.45. The summed E-state index contributed by atoms with van der Waals surface area (Å²) < 4.78 is 0. The minimum atomic E-state index is -0.842. The Morgan fingerprint density at radius 3 is 2.05 bits per heavy atom. The second-order valence-electron chi connectivity index (χ2n) is 3.77. The summed E-state index contributed by atoms with van der Waals surface area (Å²) in [7, 11) is 0. The molecule has 1 rings (SSSR count). The van der Waals surface area contributed by atoms with Gasteiger partial charge in [-0.3, -0.25) is 14.4 Å². The Morgan fingerprint density at radius 2 is 1.58 bits per heavy atom. The molecule has 0 fully saturated rings. The van der Waals surface area contributed by atoms with Crippen molar-refractivity contribution in [2.75, 3.05) is 13.1 Å². The average molecular weight is 267 g/mol. The van der Waals surface area contributed by atoms with E-state index in [2.05, 4.69) is 0 Å². The molecule has 6 N–H and O–H groups in total. The highest BCUT2D eigenvalue weighted by Gasteiger charge is 2.23. The van der Waals surface area contributed by atoms with Crippen molar-refractivity contribution in [2.45, 2.75) is 0 Å². The van der Waals surface area contributed by atoms with Crippen LogP contribution < -0.4 is 11.5 Å². The number of rotatable bonds is 5. The zero-order chi connectivity index (χ0) is 14.6. The molecule has 0 aliphatic rings. The number of nitrogens with zero attached hydrogens (tertiary/aromatic N) is 1. The summed E-state index contributed by atoms with van der Waals surface area (Å²) in [5.74, 6) is -3.66. The predicted octanol–water partition coefficient (Wildman–Crippen LogP) is -1.49. The highest BCUT2D eigenvalue weighted by molar-refractivity contribution is 6.00. The van der Waals surface area contributed by atoms with E-state index in [0.717, 1.165) is 4.90 Å². The Balaban J connectivity index is 3.07. The molecule has 0 saturated heterocycles. The van der Waals surface area contributed by atoms with Crippen LogP contribution in [0.4, 0.5) is 0 Å².